The molecule has 1 aromatic carbocycles. The number of nitrogens with zero attached hydrogens (tertiary/aromatic N) is 6. The van der Waals surface area contributed by atoms with Crippen LogP contribution in [-0.2, 0) is 16.6 Å². The second-order valence-corrected chi connectivity index (χ2v) is 13.9. The molecule has 6 rings (SSSR count). The number of piperidine rings is 1. The van der Waals surface area contributed by atoms with Crippen LogP contribution in [0.4, 0.5) is 10.3 Å². The molecule has 3 aromatic rings. The van der Waals surface area contributed by atoms with Crippen molar-refractivity contribution < 1.29 is 17.9 Å². The number of sulfonamides is 1. The van der Waals surface area contributed by atoms with E-state index in [4.69, 9.17) is 11.6 Å². The fraction of sp³-hybridized carbons (Fsp3) is 0.500. The second kappa shape index (κ2) is 11.9. The van der Waals surface area contributed by atoms with E-state index < -0.39 is 22.2 Å². The van der Waals surface area contributed by atoms with Crippen LogP contribution >= 0.6 is 11.6 Å². The minimum atomic E-state index is -3.44. The van der Waals surface area contributed by atoms with Crippen molar-refractivity contribution >= 4 is 27.6 Å². The van der Waals surface area contributed by atoms with Gasteiger partial charge in [0, 0.05) is 31.4 Å². The molecule has 42 heavy (non-hydrogen) atoms. The molecule has 0 bridgehead atoms. The summed E-state index contributed by atoms with van der Waals surface area (Å²) in [6, 6.07) is 7.15. The molecule has 2 aliphatic carbocycles. The van der Waals surface area contributed by atoms with E-state index in [1.807, 2.05) is 18.2 Å². The van der Waals surface area contributed by atoms with Gasteiger partial charge in [0.05, 0.1) is 51.8 Å². The van der Waals surface area contributed by atoms with Crippen molar-refractivity contribution in [2.75, 3.05) is 25.0 Å². The SMILES string of the molecule is N#Cc1cnc(N[C@H]2CCN(S(=O)(=O)C3CC3)C[C@H]2F)nc1-c1cnn(-c2ccc(CNCC3CC(O)C3)cc2Cl)c1. The van der Waals surface area contributed by atoms with Crippen molar-refractivity contribution in [3.05, 3.63) is 52.9 Å². The Morgan fingerprint density at radius 1 is 1.21 bits per heavy atom. The Labute approximate surface area is 248 Å². The number of benzene rings is 1. The summed E-state index contributed by atoms with van der Waals surface area (Å²) in [4.78, 5) is 8.70. The molecule has 0 radical (unpaired) electrons. The zero-order valence-electron chi connectivity index (χ0n) is 22.8. The monoisotopic (exact) mass is 614 g/mol. The number of aliphatic hydroxyl groups is 1. The van der Waals surface area contributed by atoms with Crippen LogP contribution in [-0.4, -0.2) is 80.8 Å². The van der Waals surface area contributed by atoms with Crippen molar-refractivity contribution in [3.8, 4) is 23.0 Å². The topological polar surface area (TPSA) is 149 Å². The molecule has 0 unspecified atom stereocenters. The lowest BCUT2D eigenvalue weighted by Gasteiger charge is -2.34. The largest absolute Gasteiger partial charge is 0.393 e. The Bertz CT molecular complexity index is 1600. The van der Waals surface area contributed by atoms with Crippen LogP contribution < -0.4 is 10.6 Å². The van der Waals surface area contributed by atoms with Crippen LogP contribution in [0.15, 0.2) is 36.8 Å². The first-order chi connectivity index (χ1) is 20.2. The average molecular weight is 615 g/mol. The maximum absolute atomic E-state index is 15.0. The predicted molar refractivity (Wildman–Crippen MR) is 155 cm³/mol. The predicted octanol–water partition coefficient (Wildman–Crippen LogP) is 3.03. The quantitative estimate of drug-likeness (QED) is 0.313. The van der Waals surface area contributed by atoms with Gasteiger partial charge in [-0.25, -0.2) is 27.5 Å². The molecule has 3 heterocycles. The molecule has 2 atom stereocenters. The number of nitrogens with one attached hydrogen (secondary N) is 2. The third-order valence-corrected chi connectivity index (χ3v) is 10.8. The van der Waals surface area contributed by atoms with Gasteiger partial charge in [0.25, 0.3) is 0 Å². The molecule has 3 N–H and O–H groups in total. The molecule has 222 valence electrons. The number of alkyl halides is 1. The summed E-state index contributed by atoms with van der Waals surface area (Å²) < 4.78 is 42.9. The number of aliphatic hydroxyl groups excluding tert-OH is 1. The summed E-state index contributed by atoms with van der Waals surface area (Å²) in [6.45, 7) is 1.54. The standard InChI is InChI=1S/C28H32ClFN8O3S/c29-23-9-17(11-32-12-18-7-21(39)8-18)1-4-26(23)38-15-20(14-34-38)27-19(10-31)13-33-28(36-27)35-25-5-6-37(16-24(25)30)42(40,41)22-2-3-22/h1,4,9,13-15,18,21-22,24-25,32,39H,2-3,5-8,11-12,16H2,(H,33,35,36)/t18?,21?,24-,25+/m1/s1. The van der Waals surface area contributed by atoms with Crippen molar-refractivity contribution in [1.29, 1.82) is 5.26 Å². The van der Waals surface area contributed by atoms with Gasteiger partial charge < -0.3 is 15.7 Å². The number of halogens is 2. The van der Waals surface area contributed by atoms with Gasteiger partial charge in [-0.05, 0) is 62.3 Å². The van der Waals surface area contributed by atoms with Crippen LogP contribution in [0.1, 0.15) is 43.2 Å². The normalized spacial score (nSPS) is 24.6. The Balaban J connectivity index is 1.13. The van der Waals surface area contributed by atoms with E-state index in [-0.39, 0.29) is 42.4 Å². The molecule has 2 aromatic heterocycles. The number of hydrogen-bond acceptors (Lipinski definition) is 9. The summed E-state index contributed by atoms with van der Waals surface area (Å²) in [6.07, 6.45) is 6.31. The molecule has 2 saturated carbocycles. The highest BCUT2D eigenvalue weighted by Gasteiger charge is 2.43. The summed E-state index contributed by atoms with van der Waals surface area (Å²) in [5.74, 6) is 0.657. The summed E-state index contributed by atoms with van der Waals surface area (Å²) in [5, 5.41) is 30.1. The molecule has 1 saturated heterocycles. The molecule has 0 spiro atoms. The van der Waals surface area contributed by atoms with Crippen molar-refractivity contribution in [1.82, 2.24) is 29.4 Å². The van der Waals surface area contributed by atoms with E-state index in [0.29, 0.717) is 47.3 Å². The van der Waals surface area contributed by atoms with E-state index in [2.05, 4.69) is 31.8 Å². The van der Waals surface area contributed by atoms with Crippen molar-refractivity contribution in [2.24, 2.45) is 5.92 Å². The second-order valence-electron chi connectivity index (χ2n) is 11.3. The molecular formula is C28H32ClFN8O3S. The highest BCUT2D eigenvalue weighted by Crippen LogP contribution is 2.33. The lowest BCUT2D eigenvalue weighted by Crippen LogP contribution is -2.50. The maximum Gasteiger partial charge on any atom is 0.223 e. The van der Waals surface area contributed by atoms with Crippen LogP contribution in [0.25, 0.3) is 16.9 Å². The zero-order chi connectivity index (χ0) is 29.4. The number of rotatable bonds is 10. The molecule has 3 aliphatic rings. The number of aromatic nitrogens is 4. The van der Waals surface area contributed by atoms with Gasteiger partial charge in [-0.1, -0.05) is 17.7 Å². The van der Waals surface area contributed by atoms with Crippen LogP contribution in [0, 0.1) is 17.2 Å². The van der Waals surface area contributed by atoms with Gasteiger partial charge in [-0.3, -0.25) is 0 Å². The molecule has 3 fully saturated rings. The zero-order valence-corrected chi connectivity index (χ0v) is 24.4. The first-order valence-corrected chi connectivity index (χ1v) is 16.0. The van der Waals surface area contributed by atoms with Gasteiger partial charge in [0.15, 0.2) is 0 Å². The van der Waals surface area contributed by atoms with Crippen molar-refractivity contribution in [3.63, 3.8) is 0 Å². The van der Waals surface area contributed by atoms with E-state index in [1.54, 1.807) is 17.1 Å². The fourth-order valence-corrected chi connectivity index (χ4v) is 7.63. The lowest BCUT2D eigenvalue weighted by molar-refractivity contribution is 0.0430. The highest BCUT2D eigenvalue weighted by atomic mass is 35.5. The summed E-state index contributed by atoms with van der Waals surface area (Å²) in [5.41, 5.74) is 2.81. The number of anilines is 1. The van der Waals surface area contributed by atoms with Crippen molar-refractivity contribution in [2.45, 2.75) is 62.2 Å². The van der Waals surface area contributed by atoms with Gasteiger partial charge in [0.1, 0.15) is 12.2 Å². The summed E-state index contributed by atoms with van der Waals surface area (Å²) in [7, 11) is -3.44. The highest BCUT2D eigenvalue weighted by molar-refractivity contribution is 7.90. The number of nitriles is 1. The maximum atomic E-state index is 15.0. The molecule has 14 heteroatoms. The Morgan fingerprint density at radius 2 is 2.02 bits per heavy atom. The smallest absolute Gasteiger partial charge is 0.223 e. The van der Waals surface area contributed by atoms with E-state index in [1.165, 1.54) is 10.5 Å². The van der Waals surface area contributed by atoms with Gasteiger partial charge in [-0.15, -0.1) is 0 Å². The van der Waals surface area contributed by atoms with Gasteiger partial charge in [-0.2, -0.15) is 14.7 Å². The third kappa shape index (κ3) is 6.14. The van der Waals surface area contributed by atoms with Gasteiger partial charge >= 0.3 is 0 Å². The first kappa shape index (κ1) is 28.9. The molecule has 1 aliphatic heterocycles. The van der Waals surface area contributed by atoms with E-state index in [9.17, 15) is 18.8 Å². The van der Waals surface area contributed by atoms with E-state index >= 15 is 4.39 Å². The van der Waals surface area contributed by atoms with Crippen LogP contribution in [0.5, 0.6) is 0 Å². The van der Waals surface area contributed by atoms with Crippen LogP contribution in [0.2, 0.25) is 5.02 Å². The average Bonchev–Trinajstić information content (AvgIpc) is 3.71. The molecule has 11 nitrogen and oxygen atoms in total. The third-order valence-electron chi connectivity index (χ3n) is 8.12. The molecular weight excluding hydrogens is 583 g/mol. The van der Waals surface area contributed by atoms with Crippen LogP contribution in [0.3, 0.4) is 0 Å². The minimum Gasteiger partial charge on any atom is -0.393 e. The Hall–Kier alpha value is -3.15. The van der Waals surface area contributed by atoms with E-state index in [0.717, 1.165) is 24.9 Å². The molecule has 0 amide bonds. The minimum absolute atomic E-state index is 0.147. The number of hydrogen-bond donors (Lipinski definition) is 3. The first-order valence-electron chi connectivity index (χ1n) is 14.1. The summed E-state index contributed by atoms with van der Waals surface area (Å²) >= 11 is 6.60. The fourth-order valence-electron chi connectivity index (χ4n) is 5.48. The lowest BCUT2D eigenvalue weighted by atomic mass is 9.82. The van der Waals surface area contributed by atoms with Gasteiger partial charge in [0.2, 0.25) is 16.0 Å². The Kier molecular flexibility index (Phi) is 8.17. The Morgan fingerprint density at radius 3 is 2.71 bits per heavy atom.